The molecule has 0 aliphatic carbocycles. The molecule has 1 saturated heterocycles. The minimum atomic E-state index is -0.229. The molecule has 0 N–H and O–H groups in total. The number of hydrogen-bond donors (Lipinski definition) is 0. The lowest BCUT2D eigenvalue weighted by atomic mass is 10.3. The Kier molecular flexibility index (Phi) is 1.94. The van der Waals surface area contributed by atoms with Crippen LogP contribution in [0.1, 0.15) is 6.92 Å². The quantitative estimate of drug-likeness (QED) is 0.537. The molecule has 1 aliphatic rings. The van der Waals surface area contributed by atoms with Gasteiger partial charge in [-0.25, -0.2) is 4.79 Å². The highest BCUT2D eigenvalue weighted by molar-refractivity contribution is 5.69. The largest absolute Gasteiger partial charge is 0.448 e. The average molecular weight is 141 g/mol. The van der Waals surface area contributed by atoms with Crippen LogP contribution >= 0.6 is 0 Å². The lowest BCUT2D eigenvalue weighted by molar-refractivity contribution is 0.154. The van der Waals surface area contributed by atoms with Crippen molar-refractivity contribution in [2.24, 2.45) is 0 Å². The number of amides is 1. The van der Waals surface area contributed by atoms with Crippen molar-refractivity contribution in [1.82, 2.24) is 4.90 Å². The summed E-state index contributed by atoms with van der Waals surface area (Å²) in [5, 5.41) is 0. The average Bonchev–Trinajstić information content (AvgIpc) is 2.34. The molecule has 1 atom stereocenters. The van der Waals surface area contributed by atoms with Crippen LogP contribution in [0.3, 0.4) is 0 Å². The zero-order valence-corrected chi connectivity index (χ0v) is 6.04. The Balaban J connectivity index is 2.54. The normalized spacial score (nSPS) is 20.5. The standard InChI is InChI=1S/C7H11NO2/c1-3-6(2)8-4-5-10-7(8)9/h3,6H,1,4-5H2,2H3. The Labute approximate surface area is 60.3 Å². The highest BCUT2D eigenvalue weighted by Gasteiger charge is 2.24. The van der Waals surface area contributed by atoms with Crippen LogP contribution in [0.25, 0.3) is 0 Å². The van der Waals surface area contributed by atoms with Gasteiger partial charge in [0.25, 0.3) is 0 Å². The number of carbonyl (C=O) groups is 1. The van der Waals surface area contributed by atoms with E-state index >= 15 is 0 Å². The van der Waals surface area contributed by atoms with Crippen LogP contribution in [-0.2, 0) is 4.74 Å². The molecule has 0 spiro atoms. The van der Waals surface area contributed by atoms with E-state index in [1.165, 1.54) is 0 Å². The van der Waals surface area contributed by atoms with Crippen LogP contribution in [0.15, 0.2) is 12.7 Å². The molecule has 1 unspecified atom stereocenters. The summed E-state index contributed by atoms with van der Waals surface area (Å²) in [7, 11) is 0. The molecule has 0 aromatic carbocycles. The van der Waals surface area contributed by atoms with Gasteiger partial charge in [-0.05, 0) is 6.92 Å². The number of rotatable bonds is 2. The Bertz CT molecular complexity index is 156. The highest BCUT2D eigenvalue weighted by atomic mass is 16.6. The molecule has 0 saturated carbocycles. The number of hydrogen-bond acceptors (Lipinski definition) is 2. The van der Waals surface area contributed by atoms with Gasteiger partial charge in [-0.1, -0.05) is 6.08 Å². The zero-order chi connectivity index (χ0) is 7.56. The predicted octanol–water partition coefficient (Wildman–Crippen LogP) is 1.01. The van der Waals surface area contributed by atoms with Crippen LogP contribution in [0, 0.1) is 0 Å². The molecule has 3 nitrogen and oxygen atoms in total. The molecule has 1 rings (SSSR count). The van der Waals surface area contributed by atoms with Gasteiger partial charge >= 0.3 is 6.09 Å². The van der Waals surface area contributed by atoms with Gasteiger partial charge < -0.3 is 4.74 Å². The summed E-state index contributed by atoms with van der Waals surface area (Å²) >= 11 is 0. The van der Waals surface area contributed by atoms with Crippen molar-refractivity contribution in [1.29, 1.82) is 0 Å². The van der Waals surface area contributed by atoms with Crippen molar-refractivity contribution < 1.29 is 9.53 Å². The first-order chi connectivity index (χ1) is 4.75. The summed E-state index contributed by atoms with van der Waals surface area (Å²) in [5.74, 6) is 0. The van der Waals surface area contributed by atoms with Crippen molar-refractivity contribution in [3.05, 3.63) is 12.7 Å². The minimum Gasteiger partial charge on any atom is -0.448 e. The van der Waals surface area contributed by atoms with E-state index in [0.29, 0.717) is 13.2 Å². The summed E-state index contributed by atoms with van der Waals surface area (Å²) in [6.45, 7) is 6.70. The molecule has 0 radical (unpaired) electrons. The molecule has 1 aliphatic heterocycles. The molecule has 0 bridgehead atoms. The second-order valence-electron chi connectivity index (χ2n) is 2.28. The number of nitrogens with zero attached hydrogens (tertiary/aromatic N) is 1. The van der Waals surface area contributed by atoms with Gasteiger partial charge in [0.05, 0.1) is 12.6 Å². The van der Waals surface area contributed by atoms with E-state index in [-0.39, 0.29) is 12.1 Å². The molecule has 0 aromatic heterocycles. The summed E-state index contributed by atoms with van der Waals surface area (Å²) in [4.78, 5) is 12.5. The van der Waals surface area contributed by atoms with E-state index in [0.717, 1.165) is 0 Å². The molecular weight excluding hydrogens is 130 g/mol. The SMILES string of the molecule is C=CC(C)N1CCOC1=O. The molecule has 0 aromatic rings. The minimum absolute atomic E-state index is 0.0926. The van der Waals surface area contributed by atoms with Gasteiger partial charge in [0.15, 0.2) is 0 Å². The number of ether oxygens (including phenoxy) is 1. The second kappa shape index (κ2) is 2.73. The fraction of sp³-hybridized carbons (Fsp3) is 0.571. The van der Waals surface area contributed by atoms with Gasteiger partial charge in [-0.15, -0.1) is 6.58 Å². The van der Waals surface area contributed by atoms with E-state index < -0.39 is 0 Å². The van der Waals surface area contributed by atoms with Crippen molar-refractivity contribution in [2.45, 2.75) is 13.0 Å². The fourth-order valence-electron chi connectivity index (χ4n) is 0.903. The first kappa shape index (κ1) is 7.12. The summed E-state index contributed by atoms with van der Waals surface area (Å²) in [6.07, 6.45) is 1.50. The Hall–Kier alpha value is -0.990. The third-order valence-corrected chi connectivity index (χ3v) is 1.62. The van der Waals surface area contributed by atoms with Crippen LogP contribution in [0.2, 0.25) is 0 Å². The van der Waals surface area contributed by atoms with Gasteiger partial charge in [0.2, 0.25) is 0 Å². The third-order valence-electron chi connectivity index (χ3n) is 1.62. The van der Waals surface area contributed by atoms with Crippen LogP contribution < -0.4 is 0 Å². The van der Waals surface area contributed by atoms with Gasteiger partial charge in [-0.2, -0.15) is 0 Å². The van der Waals surface area contributed by atoms with Crippen LogP contribution in [0.4, 0.5) is 4.79 Å². The Morgan fingerprint density at radius 1 is 1.90 bits per heavy atom. The third kappa shape index (κ3) is 1.12. The molecule has 1 amide bonds. The predicted molar refractivity (Wildman–Crippen MR) is 37.7 cm³/mol. The number of cyclic esters (lactones) is 1. The smallest absolute Gasteiger partial charge is 0.410 e. The van der Waals surface area contributed by atoms with E-state index in [9.17, 15) is 4.79 Å². The molecule has 3 heteroatoms. The lowest BCUT2D eigenvalue weighted by Gasteiger charge is -2.16. The van der Waals surface area contributed by atoms with E-state index in [1.807, 2.05) is 6.92 Å². The monoisotopic (exact) mass is 141 g/mol. The van der Waals surface area contributed by atoms with Gasteiger partial charge in [0, 0.05) is 0 Å². The summed E-state index contributed by atoms with van der Waals surface area (Å²) in [6, 6.07) is 0.0926. The Morgan fingerprint density at radius 2 is 2.60 bits per heavy atom. The molecule has 10 heavy (non-hydrogen) atoms. The topological polar surface area (TPSA) is 29.5 Å². The van der Waals surface area contributed by atoms with E-state index in [4.69, 9.17) is 4.74 Å². The maximum Gasteiger partial charge on any atom is 0.410 e. The van der Waals surface area contributed by atoms with Crippen molar-refractivity contribution in [2.75, 3.05) is 13.2 Å². The van der Waals surface area contributed by atoms with Crippen LogP contribution in [-0.4, -0.2) is 30.2 Å². The van der Waals surface area contributed by atoms with E-state index in [1.54, 1.807) is 11.0 Å². The highest BCUT2D eigenvalue weighted by Crippen LogP contribution is 2.08. The van der Waals surface area contributed by atoms with Gasteiger partial charge in [0.1, 0.15) is 6.61 Å². The van der Waals surface area contributed by atoms with Crippen molar-refractivity contribution in [3.63, 3.8) is 0 Å². The summed E-state index contributed by atoms with van der Waals surface area (Å²) in [5.41, 5.74) is 0. The van der Waals surface area contributed by atoms with E-state index in [2.05, 4.69) is 6.58 Å². The Morgan fingerprint density at radius 3 is 3.00 bits per heavy atom. The van der Waals surface area contributed by atoms with Crippen LogP contribution in [0.5, 0.6) is 0 Å². The molecule has 1 heterocycles. The lowest BCUT2D eigenvalue weighted by Crippen LogP contribution is -2.31. The zero-order valence-electron chi connectivity index (χ0n) is 6.04. The fourth-order valence-corrected chi connectivity index (χ4v) is 0.903. The first-order valence-electron chi connectivity index (χ1n) is 3.31. The maximum absolute atomic E-state index is 10.8. The molecule has 1 fully saturated rings. The summed E-state index contributed by atoms with van der Waals surface area (Å²) < 4.78 is 4.73. The van der Waals surface area contributed by atoms with Gasteiger partial charge in [-0.3, -0.25) is 4.90 Å². The van der Waals surface area contributed by atoms with Crippen molar-refractivity contribution >= 4 is 6.09 Å². The molecule has 56 valence electrons. The second-order valence-corrected chi connectivity index (χ2v) is 2.28. The van der Waals surface area contributed by atoms with Crippen molar-refractivity contribution in [3.8, 4) is 0 Å². The maximum atomic E-state index is 10.8. The number of carbonyl (C=O) groups excluding carboxylic acids is 1. The molecular formula is C7H11NO2. The first-order valence-corrected chi connectivity index (χ1v) is 3.31.